The van der Waals surface area contributed by atoms with Crippen LogP contribution in [0.5, 0.6) is 0 Å². The van der Waals surface area contributed by atoms with Gasteiger partial charge >= 0.3 is 0 Å². The molecule has 0 saturated heterocycles. The van der Waals surface area contributed by atoms with E-state index >= 15 is 0 Å². The molecular weight excluding hydrogens is 228 g/mol. The predicted octanol–water partition coefficient (Wildman–Crippen LogP) is 4.17. The number of thiazole rings is 1. The van der Waals surface area contributed by atoms with E-state index in [2.05, 4.69) is 55.5 Å². The molecule has 0 spiro atoms. The van der Waals surface area contributed by atoms with Crippen molar-refractivity contribution in [2.24, 2.45) is 0 Å². The molecule has 1 aromatic carbocycles. The molecule has 0 saturated carbocycles. The smallest absolute Gasteiger partial charge is 0.183 e. The van der Waals surface area contributed by atoms with Crippen LogP contribution < -0.4 is 5.32 Å². The van der Waals surface area contributed by atoms with E-state index in [9.17, 15) is 0 Å². The molecule has 1 N–H and O–H groups in total. The lowest BCUT2D eigenvalue weighted by atomic mass is 9.98. The Hall–Kier alpha value is -1.35. The van der Waals surface area contributed by atoms with Crippen molar-refractivity contribution in [3.05, 3.63) is 34.2 Å². The SMILES string of the molecule is CCNc1nc(-c2c(C)cc(C)cc2C)cs1. The Morgan fingerprint density at radius 2 is 1.82 bits per heavy atom. The van der Waals surface area contributed by atoms with E-state index in [0.29, 0.717) is 0 Å². The highest BCUT2D eigenvalue weighted by Crippen LogP contribution is 2.30. The van der Waals surface area contributed by atoms with Crippen molar-refractivity contribution in [1.29, 1.82) is 0 Å². The van der Waals surface area contributed by atoms with Gasteiger partial charge in [-0.25, -0.2) is 4.98 Å². The van der Waals surface area contributed by atoms with Crippen molar-refractivity contribution >= 4 is 16.5 Å². The van der Waals surface area contributed by atoms with Gasteiger partial charge in [0.05, 0.1) is 5.69 Å². The lowest BCUT2D eigenvalue weighted by molar-refractivity contribution is 1.19. The molecule has 3 heteroatoms. The summed E-state index contributed by atoms with van der Waals surface area (Å²) in [5.41, 5.74) is 6.27. The molecule has 0 aliphatic carbocycles. The minimum absolute atomic E-state index is 0.915. The molecule has 90 valence electrons. The summed E-state index contributed by atoms with van der Waals surface area (Å²) >= 11 is 1.67. The maximum atomic E-state index is 4.63. The van der Waals surface area contributed by atoms with Crippen molar-refractivity contribution in [1.82, 2.24) is 4.98 Å². The third-order valence-electron chi connectivity index (χ3n) is 2.77. The van der Waals surface area contributed by atoms with Gasteiger partial charge in [-0.3, -0.25) is 0 Å². The Morgan fingerprint density at radius 3 is 2.41 bits per heavy atom. The van der Waals surface area contributed by atoms with Crippen LogP contribution in [0.2, 0.25) is 0 Å². The first-order valence-electron chi connectivity index (χ1n) is 5.89. The van der Waals surface area contributed by atoms with Gasteiger partial charge in [-0.2, -0.15) is 0 Å². The maximum absolute atomic E-state index is 4.63. The van der Waals surface area contributed by atoms with Gasteiger partial charge < -0.3 is 5.32 Å². The molecule has 1 aromatic heterocycles. The molecule has 0 radical (unpaired) electrons. The highest BCUT2D eigenvalue weighted by atomic mass is 32.1. The Bertz CT molecular complexity index is 506. The zero-order valence-corrected chi connectivity index (χ0v) is 11.6. The van der Waals surface area contributed by atoms with E-state index in [1.54, 1.807) is 11.3 Å². The molecule has 2 aromatic rings. The van der Waals surface area contributed by atoms with Gasteiger partial charge in [0, 0.05) is 17.5 Å². The van der Waals surface area contributed by atoms with E-state index < -0.39 is 0 Å². The van der Waals surface area contributed by atoms with Gasteiger partial charge in [0.2, 0.25) is 0 Å². The van der Waals surface area contributed by atoms with Crippen LogP contribution >= 0.6 is 11.3 Å². The molecule has 2 rings (SSSR count). The maximum Gasteiger partial charge on any atom is 0.183 e. The Kier molecular flexibility index (Phi) is 3.48. The quantitative estimate of drug-likeness (QED) is 0.879. The highest BCUT2D eigenvalue weighted by Gasteiger charge is 2.10. The molecule has 0 fully saturated rings. The molecule has 0 bridgehead atoms. The number of anilines is 1. The van der Waals surface area contributed by atoms with Crippen molar-refractivity contribution < 1.29 is 0 Å². The topological polar surface area (TPSA) is 24.9 Å². The van der Waals surface area contributed by atoms with Crippen LogP contribution in [0.25, 0.3) is 11.3 Å². The fourth-order valence-electron chi connectivity index (χ4n) is 2.21. The summed E-state index contributed by atoms with van der Waals surface area (Å²) in [6.45, 7) is 9.44. The fourth-order valence-corrected chi connectivity index (χ4v) is 2.98. The van der Waals surface area contributed by atoms with Crippen LogP contribution in [-0.4, -0.2) is 11.5 Å². The molecule has 0 amide bonds. The zero-order valence-electron chi connectivity index (χ0n) is 10.8. The largest absolute Gasteiger partial charge is 0.362 e. The molecule has 0 atom stereocenters. The molecular formula is C14H18N2S. The summed E-state index contributed by atoms with van der Waals surface area (Å²) in [5, 5.41) is 6.38. The molecule has 2 nitrogen and oxygen atoms in total. The number of nitrogens with one attached hydrogen (secondary N) is 1. The van der Waals surface area contributed by atoms with Gasteiger partial charge in [-0.05, 0) is 38.8 Å². The average Bonchev–Trinajstić information content (AvgIpc) is 2.65. The van der Waals surface area contributed by atoms with Gasteiger partial charge in [-0.1, -0.05) is 17.7 Å². The molecule has 1 heterocycles. The van der Waals surface area contributed by atoms with Gasteiger partial charge in [0.15, 0.2) is 5.13 Å². The van der Waals surface area contributed by atoms with Gasteiger partial charge in [0.1, 0.15) is 0 Å². The van der Waals surface area contributed by atoms with E-state index in [1.165, 1.54) is 22.3 Å². The first-order valence-corrected chi connectivity index (χ1v) is 6.77. The lowest BCUT2D eigenvalue weighted by Crippen LogP contribution is -1.96. The number of rotatable bonds is 3. The molecule has 17 heavy (non-hydrogen) atoms. The first-order chi connectivity index (χ1) is 8.11. The van der Waals surface area contributed by atoms with E-state index in [4.69, 9.17) is 0 Å². The number of aryl methyl sites for hydroxylation is 3. The normalized spacial score (nSPS) is 10.6. The van der Waals surface area contributed by atoms with E-state index in [-0.39, 0.29) is 0 Å². The van der Waals surface area contributed by atoms with Gasteiger partial charge in [0.25, 0.3) is 0 Å². The third kappa shape index (κ3) is 2.50. The Labute approximate surface area is 107 Å². The highest BCUT2D eigenvalue weighted by molar-refractivity contribution is 7.14. The van der Waals surface area contributed by atoms with Crippen molar-refractivity contribution in [3.63, 3.8) is 0 Å². The molecule has 0 aliphatic rings. The summed E-state index contributed by atoms with van der Waals surface area (Å²) in [7, 11) is 0. The zero-order chi connectivity index (χ0) is 12.4. The minimum Gasteiger partial charge on any atom is -0.362 e. The number of aromatic nitrogens is 1. The van der Waals surface area contributed by atoms with Crippen LogP contribution in [-0.2, 0) is 0 Å². The molecule has 0 aliphatic heterocycles. The Balaban J connectivity index is 2.45. The second-order valence-corrected chi connectivity index (χ2v) is 5.20. The first kappa shape index (κ1) is 12.1. The number of benzene rings is 1. The van der Waals surface area contributed by atoms with Crippen molar-refractivity contribution in [3.8, 4) is 11.3 Å². The Morgan fingerprint density at radius 1 is 1.18 bits per heavy atom. The summed E-state index contributed by atoms with van der Waals surface area (Å²) in [5.74, 6) is 0. The van der Waals surface area contributed by atoms with Crippen LogP contribution in [0.3, 0.4) is 0 Å². The average molecular weight is 246 g/mol. The predicted molar refractivity (Wildman–Crippen MR) is 75.9 cm³/mol. The number of nitrogens with zero attached hydrogens (tertiary/aromatic N) is 1. The standard InChI is InChI=1S/C14H18N2S/c1-5-15-14-16-12(8-17-14)13-10(3)6-9(2)7-11(13)4/h6-8H,5H2,1-4H3,(H,15,16). The summed E-state index contributed by atoms with van der Waals surface area (Å²) in [6.07, 6.45) is 0. The monoisotopic (exact) mass is 246 g/mol. The van der Waals surface area contributed by atoms with Crippen LogP contribution in [0.1, 0.15) is 23.6 Å². The van der Waals surface area contributed by atoms with E-state index in [1.807, 2.05) is 0 Å². The van der Waals surface area contributed by atoms with Crippen LogP contribution in [0.15, 0.2) is 17.5 Å². The van der Waals surface area contributed by atoms with Crippen LogP contribution in [0, 0.1) is 20.8 Å². The summed E-state index contributed by atoms with van der Waals surface area (Å²) in [4.78, 5) is 4.63. The summed E-state index contributed by atoms with van der Waals surface area (Å²) in [6, 6.07) is 4.43. The van der Waals surface area contributed by atoms with Crippen molar-refractivity contribution in [2.75, 3.05) is 11.9 Å². The molecule has 0 unspecified atom stereocenters. The second-order valence-electron chi connectivity index (χ2n) is 4.34. The minimum atomic E-state index is 0.915. The summed E-state index contributed by atoms with van der Waals surface area (Å²) < 4.78 is 0. The second kappa shape index (κ2) is 4.88. The number of hydrogen-bond donors (Lipinski definition) is 1. The number of hydrogen-bond acceptors (Lipinski definition) is 3. The third-order valence-corrected chi connectivity index (χ3v) is 3.57. The lowest BCUT2D eigenvalue weighted by Gasteiger charge is -2.08. The van der Waals surface area contributed by atoms with Crippen LogP contribution in [0.4, 0.5) is 5.13 Å². The van der Waals surface area contributed by atoms with Gasteiger partial charge in [-0.15, -0.1) is 11.3 Å². The fraction of sp³-hybridized carbons (Fsp3) is 0.357. The van der Waals surface area contributed by atoms with Crippen molar-refractivity contribution in [2.45, 2.75) is 27.7 Å². The van der Waals surface area contributed by atoms with E-state index in [0.717, 1.165) is 17.4 Å².